The Balaban J connectivity index is 1.73. The highest BCUT2D eigenvalue weighted by Gasteiger charge is 2.28. The van der Waals surface area contributed by atoms with Crippen molar-refractivity contribution in [2.75, 3.05) is 5.32 Å². The second kappa shape index (κ2) is 4.80. The number of carbonyl (C=O) groups excluding carboxylic acids is 1. The maximum atomic E-state index is 12.5. The first-order valence-corrected chi connectivity index (χ1v) is 7.05. The third-order valence-electron chi connectivity index (χ3n) is 3.88. The molecule has 4 rings (SSSR count). The molecule has 0 aromatic carbocycles. The van der Waals surface area contributed by atoms with Crippen LogP contribution in [0.15, 0.2) is 37.2 Å². The fourth-order valence-corrected chi connectivity index (χ4v) is 2.87. The molecular weight excluding hydrogens is 280 g/mol. The van der Waals surface area contributed by atoms with Crippen molar-refractivity contribution in [2.24, 2.45) is 0 Å². The number of aromatic nitrogens is 5. The molecule has 0 aliphatic carbocycles. The van der Waals surface area contributed by atoms with Crippen molar-refractivity contribution < 1.29 is 4.79 Å². The summed E-state index contributed by atoms with van der Waals surface area (Å²) in [6, 6.07) is 0.319. The number of hydrogen-bond acceptors (Lipinski definition) is 4. The molecule has 2 N–H and O–H groups in total. The van der Waals surface area contributed by atoms with Crippen LogP contribution < -0.4 is 5.32 Å². The molecule has 7 nitrogen and oxygen atoms in total. The van der Waals surface area contributed by atoms with Gasteiger partial charge in [0.2, 0.25) is 0 Å². The van der Waals surface area contributed by atoms with Crippen LogP contribution in [0.3, 0.4) is 0 Å². The zero-order valence-corrected chi connectivity index (χ0v) is 11.9. The number of H-pyrrole nitrogens is 1. The van der Waals surface area contributed by atoms with Crippen molar-refractivity contribution in [1.29, 1.82) is 0 Å². The molecule has 0 saturated carbocycles. The van der Waals surface area contributed by atoms with Crippen molar-refractivity contribution in [3.8, 4) is 11.4 Å². The third kappa shape index (κ3) is 1.90. The van der Waals surface area contributed by atoms with Gasteiger partial charge in [-0.1, -0.05) is 0 Å². The molecule has 3 aromatic heterocycles. The number of nitrogens with one attached hydrogen (secondary N) is 2. The van der Waals surface area contributed by atoms with E-state index in [9.17, 15) is 4.79 Å². The van der Waals surface area contributed by atoms with Gasteiger partial charge >= 0.3 is 0 Å². The van der Waals surface area contributed by atoms with Crippen LogP contribution in [-0.4, -0.2) is 30.4 Å². The average Bonchev–Trinajstić information content (AvgIpc) is 3.14. The minimum atomic E-state index is -0.220. The molecule has 1 amide bonds. The average molecular weight is 294 g/mol. The van der Waals surface area contributed by atoms with Crippen LogP contribution in [0.25, 0.3) is 11.4 Å². The minimum Gasteiger partial charge on any atom is -0.364 e. The van der Waals surface area contributed by atoms with Gasteiger partial charge < -0.3 is 14.9 Å². The monoisotopic (exact) mass is 294 g/mol. The number of anilines is 1. The van der Waals surface area contributed by atoms with Gasteiger partial charge in [0.15, 0.2) is 5.82 Å². The quantitative estimate of drug-likeness (QED) is 0.757. The van der Waals surface area contributed by atoms with Crippen LogP contribution in [0, 0.1) is 0 Å². The van der Waals surface area contributed by atoms with Gasteiger partial charge in [-0.2, -0.15) is 0 Å². The van der Waals surface area contributed by atoms with E-state index in [2.05, 4.69) is 36.7 Å². The van der Waals surface area contributed by atoms with E-state index in [-0.39, 0.29) is 5.91 Å². The molecule has 0 fully saturated rings. The maximum absolute atomic E-state index is 12.5. The molecule has 4 heterocycles. The van der Waals surface area contributed by atoms with Gasteiger partial charge in [0.1, 0.15) is 5.82 Å². The summed E-state index contributed by atoms with van der Waals surface area (Å²) in [4.78, 5) is 28.1. The molecule has 22 heavy (non-hydrogen) atoms. The van der Waals surface area contributed by atoms with Gasteiger partial charge in [-0.05, 0) is 6.92 Å². The zero-order chi connectivity index (χ0) is 15.1. The van der Waals surface area contributed by atoms with Crippen LogP contribution >= 0.6 is 0 Å². The van der Waals surface area contributed by atoms with Gasteiger partial charge in [-0.25, -0.2) is 9.97 Å². The van der Waals surface area contributed by atoms with Crippen LogP contribution in [0.2, 0.25) is 0 Å². The van der Waals surface area contributed by atoms with Crippen molar-refractivity contribution >= 4 is 11.7 Å². The summed E-state index contributed by atoms with van der Waals surface area (Å²) in [5.74, 6) is 1.02. The summed E-state index contributed by atoms with van der Waals surface area (Å²) in [6.07, 6.45) is 10.9. The number of rotatable bonds is 2. The maximum Gasteiger partial charge on any atom is 0.259 e. The van der Waals surface area contributed by atoms with Crippen molar-refractivity contribution in [1.82, 2.24) is 24.5 Å². The molecule has 0 saturated heterocycles. The summed E-state index contributed by atoms with van der Waals surface area (Å²) in [7, 11) is 0. The molecule has 3 aromatic rings. The first-order chi connectivity index (χ1) is 10.7. The fraction of sp³-hybridized carbons (Fsp3) is 0.200. The Bertz CT molecular complexity index is 835. The first-order valence-electron chi connectivity index (χ1n) is 7.05. The summed E-state index contributed by atoms with van der Waals surface area (Å²) in [5.41, 5.74) is 2.47. The summed E-state index contributed by atoms with van der Waals surface area (Å²) < 4.78 is 2.09. The Hall–Kier alpha value is -2.96. The molecule has 0 radical (unpaired) electrons. The summed E-state index contributed by atoms with van der Waals surface area (Å²) >= 11 is 0. The van der Waals surface area contributed by atoms with Crippen molar-refractivity contribution in [3.05, 3.63) is 48.4 Å². The second-order valence-electron chi connectivity index (χ2n) is 5.31. The SMILES string of the molecule is CC1Cc2[nH]cc(C(=O)Nc3cnccn3)c2-c2nccn21. The topological polar surface area (TPSA) is 88.5 Å². The Morgan fingerprint density at radius 2 is 2.27 bits per heavy atom. The highest BCUT2D eigenvalue weighted by Crippen LogP contribution is 2.35. The smallest absolute Gasteiger partial charge is 0.259 e. The van der Waals surface area contributed by atoms with E-state index in [0.29, 0.717) is 17.4 Å². The van der Waals surface area contributed by atoms with E-state index in [1.165, 1.54) is 12.4 Å². The number of amides is 1. The zero-order valence-electron chi connectivity index (χ0n) is 11.9. The van der Waals surface area contributed by atoms with Crippen LogP contribution in [0.4, 0.5) is 5.82 Å². The lowest BCUT2D eigenvalue weighted by atomic mass is 10.0. The minimum absolute atomic E-state index is 0.220. The Kier molecular flexibility index (Phi) is 2.78. The Labute approximate surface area is 126 Å². The number of hydrogen-bond donors (Lipinski definition) is 2. The third-order valence-corrected chi connectivity index (χ3v) is 3.88. The number of fused-ring (bicyclic) bond motifs is 3. The molecular formula is C15H14N6O. The summed E-state index contributed by atoms with van der Waals surface area (Å²) in [6.45, 7) is 2.13. The fourth-order valence-electron chi connectivity index (χ4n) is 2.87. The van der Waals surface area contributed by atoms with E-state index < -0.39 is 0 Å². The van der Waals surface area contributed by atoms with Gasteiger partial charge in [-0.15, -0.1) is 0 Å². The molecule has 1 unspecified atom stereocenters. The Morgan fingerprint density at radius 3 is 3.09 bits per heavy atom. The normalized spacial score (nSPS) is 16.0. The number of imidazole rings is 1. The molecule has 0 bridgehead atoms. The van der Waals surface area contributed by atoms with Crippen LogP contribution in [0.1, 0.15) is 29.0 Å². The molecule has 1 aliphatic rings. The van der Waals surface area contributed by atoms with Gasteiger partial charge in [-0.3, -0.25) is 9.78 Å². The molecule has 1 atom stereocenters. The van der Waals surface area contributed by atoms with E-state index >= 15 is 0 Å². The lowest BCUT2D eigenvalue weighted by Crippen LogP contribution is -2.18. The first kappa shape index (κ1) is 12.8. The van der Waals surface area contributed by atoms with E-state index in [4.69, 9.17) is 0 Å². The van der Waals surface area contributed by atoms with E-state index in [1.54, 1.807) is 18.6 Å². The van der Waals surface area contributed by atoms with Gasteiger partial charge in [0.05, 0.1) is 17.3 Å². The lowest BCUT2D eigenvalue weighted by Gasteiger charge is -2.22. The van der Waals surface area contributed by atoms with Crippen molar-refractivity contribution in [3.63, 3.8) is 0 Å². The predicted molar refractivity (Wildman–Crippen MR) is 80.4 cm³/mol. The highest BCUT2D eigenvalue weighted by molar-refractivity contribution is 6.08. The van der Waals surface area contributed by atoms with Crippen molar-refractivity contribution in [2.45, 2.75) is 19.4 Å². The molecule has 110 valence electrons. The van der Waals surface area contributed by atoms with Crippen LogP contribution in [0.5, 0.6) is 0 Å². The number of carbonyl (C=O) groups is 1. The number of aromatic amines is 1. The highest BCUT2D eigenvalue weighted by atomic mass is 16.1. The molecule has 0 spiro atoms. The van der Waals surface area contributed by atoms with E-state index in [0.717, 1.165) is 23.5 Å². The van der Waals surface area contributed by atoms with Crippen LogP contribution in [-0.2, 0) is 6.42 Å². The summed E-state index contributed by atoms with van der Waals surface area (Å²) in [5, 5.41) is 2.76. The number of nitrogens with zero attached hydrogens (tertiary/aromatic N) is 4. The second-order valence-corrected chi connectivity index (χ2v) is 5.31. The Morgan fingerprint density at radius 1 is 1.36 bits per heavy atom. The van der Waals surface area contributed by atoms with Gasteiger partial charge in [0.25, 0.3) is 5.91 Å². The van der Waals surface area contributed by atoms with E-state index in [1.807, 2.05) is 6.20 Å². The lowest BCUT2D eigenvalue weighted by molar-refractivity contribution is 0.102. The molecule has 1 aliphatic heterocycles. The standard InChI is InChI=1S/C15H14N6O/c1-9-6-11-13(14-18-4-5-21(9)14)10(7-19-11)15(22)20-12-8-16-2-3-17-12/h2-5,7-9,19H,6H2,1H3,(H,17,20,22). The predicted octanol–water partition coefficient (Wildman–Crippen LogP) is 2.04. The molecule has 7 heteroatoms. The largest absolute Gasteiger partial charge is 0.364 e. The van der Waals surface area contributed by atoms with Gasteiger partial charge in [0, 0.05) is 49.1 Å².